The fraction of sp³-hybridized carbons (Fsp3) is 0.286. The lowest BCUT2D eigenvalue weighted by Gasteiger charge is -2.17. The van der Waals surface area contributed by atoms with Crippen LogP contribution in [0.25, 0.3) is 10.6 Å². The van der Waals surface area contributed by atoms with Crippen molar-refractivity contribution in [1.29, 1.82) is 0 Å². The number of aromatic nitrogens is 2. The predicted molar refractivity (Wildman–Crippen MR) is 109 cm³/mol. The first-order valence-electron chi connectivity index (χ1n) is 8.79. The number of carbonyl (C=O) groups is 1. The van der Waals surface area contributed by atoms with Gasteiger partial charge in [0, 0.05) is 5.56 Å². The number of amides is 1. The van der Waals surface area contributed by atoms with Crippen LogP contribution in [-0.4, -0.2) is 22.2 Å². The summed E-state index contributed by atoms with van der Waals surface area (Å²) in [4.78, 5) is 12.5. The highest BCUT2D eigenvalue weighted by molar-refractivity contribution is 7.18. The molecule has 3 rings (SSSR count). The summed E-state index contributed by atoms with van der Waals surface area (Å²) in [6.07, 6.45) is -0.642. The molecule has 27 heavy (non-hydrogen) atoms. The van der Waals surface area contributed by atoms with Gasteiger partial charge < -0.3 is 4.74 Å². The zero-order chi connectivity index (χ0) is 19.6. The molecule has 0 saturated carbocycles. The average Bonchev–Trinajstić information content (AvgIpc) is 3.08. The Morgan fingerprint density at radius 2 is 1.74 bits per heavy atom. The second kappa shape index (κ2) is 7.88. The van der Waals surface area contributed by atoms with Crippen LogP contribution in [-0.2, 0) is 4.79 Å². The molecule has 1 atom stereocenters. The van der Waals surface area contributed by atoms with E-state index in [1.807, 2.05) is 58.0 Å². The summed E-state index contributed by atoms with van der Waals surface area (Å²) in [7, 11) is 0. The molecule has 0 aliphatic rings. The third-order valence-corrected chi connectivity index (χ3v) is 5.28. The largest absolute Gasteiger partial charge is 0.481 e. The van der Waals surface area contributed by atoms with Crippen LogP contribution in [0.4, 0.5) is 5.13 Å². The van der Waals surface area contributed by atoms with Gasteiger partial charge in [0.25, 0.3) is 5.91 Å². The quantitative estimate of drug-likeness (QED) is 0.686. The SMILES string of the molecule is Cc1ccc(-c2nnc(NC(=O)C(C)Oc3cc(C)cc(C)c3C)s2)cc1. The molecule has 5 nitrogen and oxygen atoms in total. The van der Waals surface area contributed by atoms with Crippen molar-refractivity contribution >= 4 is 22.4 Å². The summed E-state index contributed by atoms with van der Waals surface area (Å²) in [5.74, 6) is 0.480. The van der Waals surface area contributed by atoms with E-state index in [1.165, 1.54) is 16.9 Å². The molecule has 2 aromatic carbocycles. The number of hydrogen-bond acceptors (Lipinski definition) is 5. The molecule has 1 N–H and O–H groups in total. The van der Waals surface area contributed by atoms with Crippen molar-refractivity contribution in [1.82, 2.24) is 10.2 Å². The van der Waals surface area contributed by atoms with Crippen LogP contribution in [0.2, 0.25) is 0 Å². The Hall–Kier alpha value is -2.73. The van der Waals surface area contributed by atoms with Gasteiger partial charge >= 0.3 is 0 Å². The molecule has 1 unspecified atom stereocenters. The van der Waals surface area contributed by atoms with Gasteiger partial charge in [0.05, 0.1) is 0 Å². The molecule has 0 bridgehead atoms. The van der Waals surface area contributed by atoms with Gasteiger partial charge in [-0.05, 0) is 57.4 Å². The van der Waals surface area contributed by atoms with Gasteiger partial charge in [-0.1, -0.05) is 47.2 Å². The number of rotatable bonds is 5. The van der Waals surface area contributed by atoms with Crippen molar-refractivity contribution in [2.45, 2.75) is 40.7 Å². The number of hydrogen-bond donors (Lipinski definition) is 1. The van der Waals surface area contributed by atoms with Crippen molar-refractivity contribution < 1.29 is 9.53 Å². The Morgan fingerprint density at radius 3 is 2.44 bits per heavy atom. The van der Waals surface area contributed by atoms with E-state index in [0.29, 0.717) is 5.13 Å². The van der Waals surface area contributed by atoms with Gasteiger partial charge in [0.15, 0.2) is 6.10 Å². The zero-order valence-corrected chi connectivity index (χ0v) is 17.0. The maximum atomic E-state index is 12.5. The van der Waals surface area contributed by atoms with Gasteiger partial charge in [-0.15, -0.1) is 10.2 Å². The molecule has 140 valence electrons. The maximum absolute atomic E-state index is 12.5. The lowest BCUT2D eigenvalue weighted by Crippen LogP contribution is -2.30. The summed E-state index contributed by atoms with van der Waals surface area (Å²) >= 11 is 1.34. The van der Waals surface area contributed by atoms with Crippen molar-refractivity contribution in [2.24, 2.45) is 0 Å². The van der Waals surface area contributed by atoms with Crippen molar-refractivity contribution in [3.05, 3.63) is 58.7 Å². The first kappa shape index (κ1) is 19.0. The van der Waals surface area contributed by atoms with E-state index in [2.05, 4.69) is 21.6 Å². The molecule has 1 amide bonds. The minimum absolute atomic E-state index is 0.250. The molecule has 1 aromatic heterocycles. The van der Waals surface area contributed by atoms with Gasteiger partial charge in [-0.2, -0.15) is 0 Å². The lowest BCUT2D eigenvalue weighted by atomic mass is 10.1. The number of nitrogens with zero attached hydrogens (tertiary/aromatic N) is 2. The molecular formula is C21H23N3O2S. The first-order valence-corrected chi connectivity index (χ1v) is 9.61. The smallest absolute Gasteiger partial charge is 0.266 e. The summed E-state index contributed by atoms with van der Waals surface area (Å²) in [6, 6.07) is 12.1. The second-order valence-electron chi connectivity index (χ2n) is 6.73. The van der Waals surface area contributed by atoms with Gasteiger partial charge in [-0.25, -0.2) is 0 Å². The average molecular weight is 382 g/mol. The van der Waals surface area contributed by atoms with E-state index in [9.17, 15) is 4.79 Å². The molecule has 6 heteroatoms. The molecule has 0 fully saturated rings. The van der Waals surface area contributed by atoms with Crippen LogP contribution in [0.5, 0.6) is 5.75 Å². The summed E-state index contributed by atoms with van der Waals surface area (Å²) in [5.41, 5.74) is 5.45. The summed E-state index contributed by atoms with van der Waals surface area (Å²) in [5, 5.41) is 12.3. The number of aryl methyl sites for hydroxylation is 3. The predicted octanol–water partition coefficient (Wildman–Crippen LogP) is 4.84. The van der Waals surface area contributed by atoms with E-state index in [-0.39, 0.29) is 5.91 Å². The van der Waals surface area contributed by atoms with Crippen LogP contribution < -0.4 is 10.1 Å². The van der Waals surface area contributed by atoms with Crippen LogP contribution >= 0.6 is 11.3 Å². The Kier molecular flexibility index (Phi) is 5.56. The van der Waals surface area contributed by atoms with E-state index in [0.717, 1.165) is 33.0 Å². The Morgan fingerprint density at radius 1 is 1.04 bits per heavy atom. The lowest BCUT2D eigenvalue weighted by molar-refractivity contribution is -0.122. The molecule has 0 aliphatic heterocycles. The van der Waals surface area contributed by atoms with Crippen LogP contribution in [0.3, 0.4) is 0 Å². The molecule has 3 aromatic rings. The van der Waals surface area contributed by atoms with Crippen LogP contribution in [0.15, 0.2) is 36.4 Å². The third-order valence-electron chi connectivity index (χ3n) is 4.39. The monoisotopic (exact) mass is 381 g/mol. The van der Waals surface area contributed by atoms with Crippen molar-refractivity contribution in [3.63, 3.8) is 0 Å². The zero-order valence-electron chi connectivity index (χ0n) is 16.2. The second-order valence-corrected chi connectivity index (χ2v) is 7.71. The van der Waals surface area contributed by atoms with Gasteiger partial charge in [0.2, 0.25) is 5.13 Å². The number of carbonyl (C=O) groups excluding carboxylic acids is 1. The van der Waals surface area contributed by atoms with E-state index in [4.69, 9.17) is 4.74 Å². The Balaban J connectivity index is 1.68. The maximum Gasteiger partial charge on any atom is 0.266 e. The molecule has 0 spiro atoms. The van der Waals surface area contributed by atoms with Crippen molar-refractivity contribution in [2.75, 3.05) is 5.32 Å². The number of nitrogens with one attached hydrogen (secondary N) is 1. The molecule has 0 saturated heterocycles. The minimum Gasteiger partial charge on any atom is -0.481 e. The molecule has 0 radical (unpaired) electrons. The third kappa shape index (κ3) is 4.52. The van der Waals surface area contributed by atoms with Gasteiger partial charge in [0.1, 0.15) is 10.8 Å². The Labute approximate surface area is 163 Å². The van der Waals surface area contributed by atoms with Gasteiger partial charge in [-0.3, -0.25) is 10.1 Å². The fourth-order valence-electron chi connectivity index (χ4n) is 2.66. The summed E-state index contributed by atoms with van der Waals surface area (Å²) < 4.78 is 5.89. The highest BCUT2D eigenvalue weighted by Gasteiger charge is 2.18. The highest BCUT2D eigenvalue weighted by atomic mass is 32.1. The van der Waals surface area contributed by atoms with E-state index < -0.39 is 6.10 Å². The topological polar surface area (TPSA) is 64.1 Å². The number of ether oxygens (including phenoxy) is 1. The molecular weight excluding hydrogens is 358 g/mol. The fourth-order valence-corrected chi connectivity index (χ4v) is 3.41. The van der Waals surface area contributed by atoms with Crippen molar-refractivity contribution in [3.8, 4) is 16.3 Å². The minimum atomic E-state index is -0.642. The summed E-state index contributed by atoms with van der Waals surface area (Å²) in [6.45, 7) is 9.81. The van der Waals surface area contributed by atoms with E-state index >= 15 is 0 Å². The normalized spacial score (nSPS) is 11.9. The van der Waals surface area contributed by atoms with Crippen LogP contribution in [0, 0.1) is 27.7 Å². The molecule has 0 aliphatic carbocycles. The number of anilines is 1. The number of benzene rings is 2. The first-order chi connectivity index (χ1) is 12.8. The molecule has 1 heterocycles. The highest BCUT2D eigenvalue weighted by Crippen LogP contribution is 2.27. The standard InChI is InChI=1S/C21H23N3O2S/c1-12-6-8-17(9-7-12)20-23-24-21(27-20)22-19(25)16(5)26-18-11-13(2)10-14(3)15(18)4/h6-11,16H,1-5H3,(H,22,24,25). The van der Waals surface area contributed by atoms with E-state index in [1.54, 1.807) is 6.92 Å². The van der Waals surface area contributed by atoms with Crippen LogP contribution in [0.1, 0.15) is 29.2 Å². The Bertz CT molecular complexity index is 964.